The SMILES string of the molecule is C1CCOC1.CCOC(=O)[C@]12CC(=O)[C@@H]3C[C@H](OC(=O)c4ccccc4)CN3C(=O)[C@@H](CC(=O)OC(C)(C)C)CCCCC/C=C\[C@@H]1C2.CCOC(=O)[C@]12CC(=O)[C@@H]3C[C@H](OC(=O)c4ccccc4)CN3C(=O)[C@@H](CC(=O)OC(C)(C)C)CCCCC[C@H](O)C[C@@H]1C2.O.O.O.O.[B].[Na+].[O-]B1OO1. The molecule has 2 saturated carbocycles. The molecule has 11 atom stereocenters. The van der Waals surface area contributed by atoms with Crippen molar-refractivity contribution in [2.24, 2.45) is 34.5 Å². The van der Waals surface area contributed by atoms with Crippen LogP contribution in [0, 0.1) is 34.5 Å². The Hall–Kier alpha value is -5.95. The number of hydrogen-bond donors (Lipinski definition) is 1. The van der Waals surface area contributed by atoms with Crippen molar-refractivity contribution in [1.29, 1.82) is 0 Å². The molecule has 9 N–H and O–H groups in total. The molecule has 5 saturated heterocycles. The fourth-order valence-corrected chi connectivity index (χ4v) is 13.5. The Morgan fingerprint density at radius 2 is 1.00 bits per heavy atom. The van der Waals surface area contributed by atoms with Crippen LogP contribution in [-0.4, -0.2) is 193 Å². The predicted molar refractivity (Wildman–Crippen MR) is 367 cm³/mol. The van der Waals surface area contributed by atoms with Crippen molar-refractivity contribution in [3.8, 4) is 0 Å². The van der Waals surface area contributed by atoms with E-state index in [4.69, 9.17) is 33.2 Å². The van der Waals surface area contributed by atoms with Crippen LogP contribution in [0.15, 0.2) is 72.8 Å². The first-order chi connectivity index (χ1) is 45.6. The molecule has 6 aliphatic heterocycles. The van der Waals surface area contributed by atoms with Crippen LogP contribution in [0.2, 0.25) is 0 Å². The molecule has 3 radical (unpaired) electrons. The molecular formula is C72H108B2N2NaO25. The Morgan fingerprint density at radius 1 is 0.588 bits per heavy atom. The maximum absolute atomic E-state index is 14.2. The maximum atomic E-state index is 14.2. The van der Waals surface area contributed by atoms with E-state index < -0.39 is 107 Å². The van der Waals surface area contributed by atoms with Crippen LogP contribution in [0.3, 0.4) is 0 Å². The van der Waals surface area contributed by atoms with E-state index in [1.807, 2.05) is 6.08 Å². The van der Waals surface area contributed by atoms with Gasteiger partial charge in [-0.25, -0.2) is 9.59 Å². The third kappa shape index (κ3) is 28.8. The van der Waals surface area contributed by atoms with Gasteiger partial charge in [-0.05, 0) is 156 Å². The number of hydrogen-bond acceptors (Lipinski definition) is 21. The summed E-state index contributed by atoms with van der Waals surface area (Å²) in [6.07, 6.45) is 12.7. The zero-order valence-corrected chi connectivity index (χ0v) is 62.9. The van der Waals surface area contributed by atoms with Gasteiger partial charge in [-0.2, -0.15) is 0 Å². The van der Waals surface area contributed by atoms with Crippen molar-refractivity contribution in [1.82, 2.24) is 9.80 Å². The van der Waals surface area contributed by atoms with E-state index in [0.717, 1.165) is 51.7 Å². The van der Waals surface area contributed by atoms with Crippen molar-refractivity contribution in [3.63, 3.8) is 0 Å². The zero-order valence-electron chi connectivity index (χ0n) is 60.9. The number of benzene rings is 2. The Morgan fingerprint density at radius 3 is 1.40 bits per heavy atom. The molecular weight excluding hydrogens is 1340 g/mol. The summed E-state index contributed by atoms with van der Waals surface area (Å²) in [5, 5.41) is 19.9. The number of allylic oxidation sites excluding steroid dienone is 2. The van der Waals surface area contributed by atoms with E-state index in [9.17, 15) is 58.1 Å². The summed E-state index contributed by atoms with van der Waals surface area (Å²) in [6, 6.07) is 15.2. The third-order valence-corrected chi connectivity index (χ3v) is 18.4. The number of esters is 6. The minimum absolute atomic E-state index is 0. The molecule has 8 aliphatic rings. The van der Waals surface area contributed by atoms with Crippen molar-refractivity contribution in [3.05, 3.63) is 83.9 Å². The van der Waals surface area contributed by atoms with Crippen LogP contribution in [0.4, 0.5) is 0 Å². The van der Waals surface area contributed by atoms with Crippen LogP contribution < -0.4 is 34.6 Å². The van der Waals surface area contributed by atoms with Gasteiger partial charge >= 0.3 is 72.7 Å². The normalized spacial score (nSPS) is 27.1. The van der Waals surface area contributed by atoms with Gasteiger partial charge in [-0.15, -0.1) is 0 Å². The predicted octanol–water partition coefficient (Wildman–Crippen LogP) is 2.03. The van der Waals surface area contributed by atoms with Gasteiger partial charge in [0.25, 0.3) is 0 Å². The van der Waals surface area contributed by atoms with E-state index in [1.165, 1.54) is 22.6 Å². The summed E-state index contributed by atoms with van der Waals surface area (Å²) in [5.41, 5.74) is -2.68. The van der Waals surface area contributed by atoms with E-state index in [0.29, 0.717) is 56.1 Å². The standard InChI is InChI=1S/C34H47NO9.C34H45NO8.C4H8O.BO3.B.Na.4H2O/c1-5-42-32(41)34-19-24(34)17-25(36)15-11-7-10-14-23(16-29(38)44-33(2,3)4)30(39)35-21-26(18-27(35)28(37)20-34)43-31(40)22-12-8-6-9-13-22;1-5-41-32(40)34-20-25(34)17-13-8-6-7-10-16-24(18-29(37)43-33(2,3)4)30(38)35-22-26(19-27(35)28(36)21-34)42-31(39)23-14-11-9-12-15-23;1-2-4-5-3-1;2-1-3-4-1;;;;;;/h6,8-9,12-13,23-27,36H,5,7,10-11,14-21H2,1-4H3;9,11-15,17,24-27H,5-8,10,16,18-22H2,1-4H3;1-4H2;;;;4*1H2/q;;;-1;;+1;;;;/b;17-13-;;;;;;;;/t23-,24-,25+,26+,27+,34-;24-,25-,26+,27+,34-;;;;;;;;/m11......../s1. The number of nitrogens with zero attached hydrogens (tertiary/aromatic N) is 2. The first kappa shape index (κ1) is 94.1. The van der Waals surface area contributed by atoms with Crippen LogP contribution in [0.1, 0.15) is 211 Å². The number of fused-ring (bicyclic) bond motifs is 4. The number of amides is 2. The van der Waals surface area contributed by atoms with Crippen molar-refractivity contribution < 1.29 is 152 Å². The average Bonchev–Trinajstić information content (AvgIpc) is 1.59. The molecule has 27 nitrogen and oxygen atoms in total. The Kier molecular flexibility index (Phi) is 40.7. The first-order valence-electron chi connectivity index (χ1n) is 34.5. The molecule has 2 aliphatic carbocycles. The van der Waals surface area contributed by atoms with Gasteiger partial charge < -0.3 is 75.0 Å². The van der Waals surface area contributed by atoms with Crippen LogP contribution in [0.25, 0.3) is 0 Å². The molecule has 10 rings (SSSR count). The molecule has 0 aromatic heterocycles. The number of aliphatic hydroxyl groups is 1. The van der Waals surface area contributed by atoms with E-state index in [2.05, 4.69) is 15.7 Å². The molecule has 7 fully saturated rings. The van der Waals surface area contributed by atoms with Crippen molar-refractivity contribution in [2.45, 2.75) is 232 Å². The number of Topliss-reactive ketones (excluding diaryl/α,β-unsaturated/α-hetero) is 2. The summed E-state index contributed by atoms with van der Waals surface area (Å²) in [7, 11) is -1.17. The smallest absolute Gasteiger partial charge is 0.828 e. The zero-order chi connectivity index (χ0) is 69.8. The summed E-state index contributed by atoms with van der Waals surface area (Å²) in [4.78, 5) is 144. The number of aliphatic hydroxyl groups excluding tert-OH is 1. The van der Waals surface area contributed by atoms with Gasteiger partial charge in [-0.1, -0.05) is 80.7 Å². The fourth-order valence-electron chi connectivity index (χ4n) is 13.5. The number of ketones is 2. The summed E-state index contributed by atoms with van der Waals surface area (Å²) in [5.74, 6) is -5.87. The first-order valence-corrected chi connectivity index (χ1v) is 34.5. The minimum Gasteiger partial charge on any atom is -0.828 e. The Labute approximate surface area is 623 Å². The Balaban J connectivity index is 0.000000858. The molecule has 0 spiro atoms. The monoisotopic (exact) mass is 1450 g/mol. The van der Waals surface area contributed by atoms with Gasteiger partial charge in [0.05, 0.1) is 79.3 Å². The maximum Gasteiger partial charge on any atom is 1.00 e. The third-order valence-electron chi connectivity index (χ3n) is 18.4. The van der Waals surface area contributed by atoms with Crippen LogP contribution in [-0.2, 0) is 81.1 Å². The Bertz CT molecular complexity index is 3010. The minimum atomic E-state index is -1.17. The quantitative estimate of drug-likeness (QED) is 0.0793. The number of rotatable bonds is 12. The van der Waals surface area contributed by atoms with Crippen LogP contribution >= 0.6 is 0 Å². The summed E-state index contributed by atoms with van der Waals surface area (Å²) < 4.78 is 38.4. The summed E-state index contributed by atoms with van der Waals surface area (Å²) in [6.45, 7) is 16.5. The van der Waals surface area contributed by atoms with Gasteiger partial charge in [-0.3, -0.25) is 48.0 Å². The van der Waals surface area contributed by atoms with Crippen LogP contribution in [0.5, 0.6) is 0 Å². The van der Waals surface area contributed by atoms with Gasteiger partial charge in [0.1, 0.15) is 23.4 Å². The second kappa shape index (κ2) is 44.1. The molecule has 2 aromatic carbocycles. The average molecular weight is 1450 g/mol. The second-order valence-corrected chi connectivity index (χ2v) is 28.4. The molecule has 6 heterocycles. The summed E-state index contributed by atoms with van der Waals surface area (Å²) >= 11 is 0. The number of carbonyl (C=O) groups excluding carboxylic acids is 10. The van der Waals surface area contributed by atoms with E-state index in [-0.39, 0.29) is 160 Å². The topological polar surface area (TPSA) is 436 Å². The molecule has 102 heavy (non-hydrogen) atoms. The van der Waals surface area contributed by atoms with Crippen molar-refractivity contribution in [2.75, 3.05) is 39.5 Å². The number of ether oxygens (including phenoxy) is 7. The van der Waals surface area contributed by atoms with Gasteiger partial charge in [0.15, 0.2) is 11.6 Å². The second-order valence-electron chi connectivity index (χ2n) is 28.4. The molecule has 30 heteroatoms. The van der Waals surface area contributed by atoms with E-state index in [1.54, 1.807) is 116 Å². The number of carbonyl (C=O) groups is 10. The van der Waals surface area contributed by atoms with Gasteiger partial charge in [0, 0.05) is 59.1 Å². The largest absolute Gasteiger partial charge is 1.00 e. The van der Waals surface area contributed by atoms with Crippen molar-refractivity contribution >= 4 is 74.9 Å². The molecule has 0 unspecified atom stereocenters. The molecule has 2 aromatic rings. The van der Waals surface area contributed by atoms with Gasteiger partial charge in [0.2, 0.25) is 11.8 Å². The van der Waals surface area contributed by atoms with E-state index >= 15 is 0 Å². The molecule has 2 amide bonds. The fraction of sp³-hybridized carbons (Fsp3) is 0.667. The molecule has 0 bridgehead atoms. The molecule has 563 valence electrons.